The second-order valence-corrected chi connectivity index (χ2v) is 10.7. The highest BCUT2D eigenvalue weighted by atomic mass is 16.4. The van der Waals surface area contributed by atoms with Gasteiger partial charge in [0.25, 0.3) is 0 Å². The highest BCUT2D eigenvalue weighted by molar-refractivity contribution is 5.78. The van der Waals surface area contributed by atoms with Crippen molar-refractivity contribution in [3.05, 3.63) is 0 Å². The highest BCUT2D eigenvalue weighted by Gasteiger charge is 2.25. The summed E-state index contributed by atoms with van der Waals surface area (Å²) in [5.74, 6) is 0.379. The average molecular weight is 495 g/mol. The van der Waals surface area contributed by atoms with Crippen LogP contribution in [-0.2, 0) is 14.4 Å². The minimum atomic E-state index is -0.671. The van der Waals surface area contributed by atoms with Crippen molar-refractivity contribution in [2.24, 2.45) is 11.8 Å². The van der Waals surface area contributed by atoms with Crippen LogP contribution >= 0.6 is 0 Å². The third-order valence-corrected chi connectivity index (χ3v) is 7.60. The smallest absolute Gasteiger partial charge is 0.303 e. The first-order valence-electron chi connectivity index (χ1n) is 14.7. The van der Waals surface area contributed by atoms with E-state index in [0.717, 1.165) is 57.9 Å². The molecule has 0 aromatic rings. The first-order valence-corrected chi connectivity index (χ1v) is 14.7. The molecule has 35 heavy (non-hydrogen) atoms. The topological polar surface area (TPSA) is 95.5 Å². The van der Waals surface area contributed by atoms with Crippen LogP contribution in [0.15, 0.2) is 0 Å². The van der Waals surface area contributed by atoms with Gasteiger partial charge < -0.3 is 15.7 Å². The van der Waals surface area contributed by atoms with Gasteiger partial charge in [-0.25, -0.2) is 0 Å². The normalized spacial score (nSPS) is 17.7. The number of carboxylic acids is 1. The van der Waals surface area contributed by atoms with E-state index >= 15 is 0 Å². The summed E-state index contributed by atoms with van der Waals surface area (Å²) in [7, 11) is 1.71. The number of carboxylic acid groups (broad SMARTS) is 1. The quantitative estimate of drug-likeness (QED) is 0.145. The molecule has 0 bridgehead atoms. The molecule has 0 aromatic heterocycles. The molecule has 1 rings (SSSR count). The zero-order valence-corrected chi connectivity index (χ0v) is 22.6. The van der Waals surface area contributed by atoms with Crippen molar-refractivity contribution in [1.82, 2.24) is 10.6 Å². The van der Waals surface area contributed by atoms with Gasteiger partial charge in [0.05, 0.1) is 0 Å². The van der Waals surface area contributed by atoms with Crippen molar-refractivity contribution >= 4 is 17.8 Å². The Bertz CT molecular complexity index is 559. The second-order valence-electron chi connectivity index (χ2n) is 10.7. The molecule has 0 radical (unpaired) electrons. The standard InChI is InChI=1S/C29H54N2O4/c1-30-29(35)26-22-20-25(21-23-26)24-31-27(32)18-16-14-12-10-8-6-4-2-3-5-7-9-11-13-15-17-19-28(33)34/h25-26H,2-24H2,1H3,(H,30,35)(H,31,32)(H,33,34). The minimum absolute atomic E-state index is 0.164. The van der Waals surface area contributed by atoms with Crippen molar-refractivity contribution in [2.45, 2.75) is 141 Å². The van der Waals surface area contributed by atoms with Crippen LogP contribution in [0, 0.1) is 11.8 Å². The Morgan fingerprint density at radius 3 is 1.43 bits per heavy atom. The maximum absolute atomic E-state index is 12.1. The number of hydrogen-bond donors (Lipinski definition) is 3. The molecule has 6 nitrogen and oxygen atoms in total. The van der Waals surface area contributed by atoms with Crippen molar-refractivity contribution in [1.29, 1.82) is 0 Å². The van der Waals surface area contributed by atoms with E-state index in [1.807, 2.05) is 0 Å². The number of rotatable bonds is 22. The number of hydrogen-bond acceptors (Lipinski definition) is 3. The van der Waals surface area contributed by atoms with E-state index in [-0.39, 0.29) is 17.7 Å². The van der Waals surface area contributed by atoms with Crippen LogP contribution in [0.4, 0.5) is 0 Å². The van der Waals surface area contributed by atoms with Crippen molar-refractivity contribution in [2.75, 3.05) is 13.6 Å². The molecule has 3 N–H and O–H groups in total. The fourth-order valence-corrected chi connectivity index (χ4v) is 5.22. The van der Waals surface area contributed by atoms with Crippen LogP contribution in [0.5, 0.6) is 0 Å². The first kappa shape index (κ1) is 31.4. The molecule has 1 aliphatic carbocycles. The Labute approximate surface area is 214 Å². The van der Waals surface area contributed by atoms with E-state index in [1.165, 1.54) is 77.0 Å². The Hall–Kier alpha value is -1.59. The van der Waals surface area contributed by atoms with E-state index in [4.69, 9.17) is 5.11 Å². The maximum atomic E-state index is 12.1. The second kappa shape index (κ2) is 21.7. The lowest BCUT2D eigenvalue weighted by molar-refractivity contribution is -0.137. The SMILES string of the molecule is CNC(=O)C1CCC(CNC(=O)CCCCCCCCCCCCCCCCCCC(=O)O)CC1. The summed E-state index contributed by atoms with van der Waals surface area (Å²) in [6.45, 7) is 0.772. The zero-order chi connectivity index (χ0) is 25.6. The summed E-state index contributed by atoms with van der Waals surface area (Å²) in [5, 5.41) is 14.5. The lowest BCUT2D eigenvalue weighted by atomic mass is 9.81. The van der Waals surface area contributed by atoms with Gasteiger partial charge in [0.2, 0.25) is 11.8 Å². The third-order valence-electron chi connectivity index (χ3n) is 7.60. The van der Waals surface area contributed by atoms with E-state index < -0.39 is 5.97 Å². The molecule has 0 spiro atoms. The van der Waals surface area contributed by atoms with Gasteiger partial charge in [-0.1, -0.05) is 89.9 Å². The summed E-state index contributed by atoms with van der Waals surface area (Å²) < 4.78 is 0. The molecule has 6 heteroatoms. The van der Waals surface area contributed by atoms with E-state index in [0.29, 0.717) is 18.8 Å². The first-order chi connectivity index (χ1) is 17.0. The Kier molecular flexibility index (Phi) is 19.5. The molecule has 0 aliphatic heterocycles. The van der Waals surface area contributed by atoms with Gasteiger partial charge in [-0.05, 0) is 44.4 Å². The van der Waals surface area contributed by atoms with Crippen LogP contribution in [0.3, 0.4) is 0 Å². The molecular formula is C29H54N2O4. The molecule has 0 atom stereocenters. The van der Waals surface area contributed by atoms with Gasteiger partial charge in [0.15, 0.2) is 0 Å². The van der Waals surface area contributed by atoms with Gasteiger partial charge in [-0.15, -0.1) is 0 Å². The van der Waals surface area contributed by atoms with E-state index in [1.54, 1.807) is 7.05 Å². The minimum Gasteiger partial charge on any atom is -0.481 e. The van der Waals surface area contributed by atoms with E-state index in [9.17, 15) is 14.4 Å². The van der Waals surface area contributed by atoms with Gasteiger partial charge in [-0.3, -0.25) is 14.4 Å². The molecule has 0 saturated heterocycles. The Morgan fingerprint density at radius 2 is 1.03 bits per heavy atom. The molecule has 0 aromatic carbocycles. The fourth-order valence-electron chi connectivity index (χ4n) is 5.22. The molecule has 1 aliphatic rings. The fraction of sp³-hybridized carbons (Fsp3) is 0.897. The number of aliphatic carboxylic acids is 1. The molecule has 0 unspecified atom stereocenters. The third kappa shape index (κ3) is 18.4. The Morgan fingerprint density at radius 1 is 0.629 bits per heavy atom. The molecule has 2 amide bonds. The molecular weight excluding hydrogens is 440 g/mol. The summed E-state index contributed by atoms with van der Waals surface area (Å²) in [5.41, 5.74) is 0. The summed E-state index contributed by atoms with van der Waals surface area (Å²) in [4.78, 5) is 34.2. The summed E-state index contributed by atoms with van der Waals surface area (Å²) >= 11 is 0. The summed E-state index contributed by atoms with van der Waals surface area (Å²) in [6, 6.07) is 0. The number of unbranched alkanes of at least 4 members (excludes halogenated alkanes) is 15. The Balaban J connectivity index is 1.77. The predicted octanol–water partition coefficient (Wildman–Crippen LogP) is 6.76. The largest absolute Gasteiger partial charge is 0.481 e. The van der Waals surface area contributed by atoms with Crippen molar-refractivity contribution < 1.29 is 19.5 Å². The van der Waals surface area contributed by atoms with Gasteiger partial charge >= 0.3 is 5.97 Å². The van der Waals surface area contributed by atoms with Crippen molar-refractivity contribution in [3.8, 4) is 0 Å². The van der Waals surface area contributed by atoms with Crippen molar-refractivity contribution in [3.63, 3.8) is 0 Å². The van der Waals surface area contributed by atoms with Crippen LogP contribution in [-0.4, -0.2) is 36.5 Å². The lowest BCUT2D eigenvalue weighted by Crippen LogP contribution is -2.34. The summed E-state index contributed by atoms with van der Waals surface area (Å²) in [6.07, 6.45) is 24.6. The molecule has 1 fully saturated rings. The van der Waals surface area contributed by atoms with Gasteiger partial charge in [-0.2, -0.15) is 0 Å². The number of amides is 2. The predicted molar refractivity (Wildman–Crippen MR) is 143 cm³/mol. The number of nitrogens with one attached hydrogen (secondary N) is 2. The lowest BCUT2D eigenvalue weighted by Gasteiger charge is -2.27. The van der Waals surface area contributed by atoms with Crippen LogP contribution in [0.2, 0.25) is 0 Å². The average Bonchev–Trinajstić information content (AvgIpc) is 2.86. The highest BCUT2D eigenvalue weighted by Crippen LogP contribution is 2.28. The molecule has 1 saturated carbocycles. The monoisotopic (exact) mass is 494 g/mol. The zero-order valence-electron chi connectivity index (χ0n) is 22.6. The van der Waals surface area contributed by atoms with Crippen LogP contribution < -0.4 is 10.6 Å². The molecule has 204 valence electrons. The van der Waals surface area contributed by atoms with Gasteiger partial charge in [0.1, 0.15) is 0 Å². The molecule has 0 heterocycles. The number of carbonyl (C=O) groups is 3. The van der Waals surface area contributed by atoms with Gasteiger partial charge in [0, 0.05) is 32.4 Å². The van der Waals surface area contributed by atoms with Crippen LogP contribution in [0.1, 0.15) is 141 Å². The number of carbonyl (C=O) groups excluding carboxylic acids is 2. The maximum Gasteiger partial charge on any atom is 0.303 e. The van der Waals surface area contributed by atoms with Crippen LogP contribution in [0.25, 0.3) is 0 Å². The van der Waals surface area contributed by atoms with E-state index in [2.05, 4.69) is 10.6 Å².